The summed E-state index contributed by atoms with van der Waals surface area (Å²) in [6.45, 7) is 4.22. The van der Waals surface area contributed by atoms with Crippen molar-refractivity contribution in [3.63, 3.8) is 0 Å². The minimum Gasteiger partial charge on any atom is -0.296 e. The van der Waals surface area contributed by atoms with E-state index < -0.39 is 0 Å². The zero-order valence-electron chi connectivity index (χ0n) is 12.0. The number of alkyl halides is 1. The summed E-state index contributed by atoms with van der Waals surface area (Å²) < 4.78 is 3.37. The molecule has 0 unspecified atom stereocenters. The summed E-state index contributed by atoms with van der Waals surface area (Å²) >= 11 is 9.58. The van der Waals surface area contributed by atoms with Crippen LogP contribution in [0.3, 0.4) is 0 Å². The molecular formula is C17H16BrClN2. The highest BCUT2D eigenvalue weighted by atomic mass is 79.9. The van der Waals surface area contributed by atoms with Crippen molar-refractivity contribution >= 4 is 38.6 Å². The second-order valence-corrected chi connectivity index (χ2v) is 6.36. The van der Waals surface area contributed by atoms with E-state index in [4.69, 9.17) is 16.6 Å². The third-order valence-electron chi connectivity index (χ3n) is 3.63. The summed E-state index contributed by atoms with van der Waals surface area (Å²) in [6, 6.07) is 12.6. The molecule has 4 heteroatoms. The smallest absolute Gasteiger partial charge is 0.115 e. The molecule has 0 aliphatic heterocycles. The number of hydrogen-bond acceptors (Lipinski definition) is 1. The maximum atomic E-state index is 5.95. The Morgan fingerprint density at radius 2 is 1.81 bits per heavy atom. The van der Waals surface area contributed by atoms with Crippen molar-refractivity contribution in [1.29, 1.82) is 0 Å². The third kappa shape index (κ3) is 2.60. The van der Waals surface area contributed by atoms with E-state index in [-0.39, 0.29) is 0 Å². The summed E-state index contributed by atoms with van der Waals surface area (Å²) in [5.74, 6) is 1.57. The lowest BCUT2D eigenvalue weighted by molar-refractivity contribution is 0.910. The van der Waals surface area contributed by atoms with E-state index in [9.17, 15) is 0 Å². The highest BCUT2D eigenvalue weighted by molar-refractivity contribution is 9.10. The monoisotopic (exact) mass is 362 g/mol. The number of benzene rings is 2. The van der Waals surface area contributed by atoms with Gasteiger partial charge in [0.25, 0.3) is 0 Å². The second kappa shape index (κ2) is 5.82. The third-order valence-corrected chi connectivity index (χ3v) is 5.07. The van der Waals surface area contributed by atoms with Gasteiger partial charge in [-0.05, 0) is 49.2 Å². The van der Waals surface area contributed by atoms with E-state index in [1.807, 2.05) is 18.2 Å². The molecule has 0 spiro atoms. The van der Waals surface area contributed by atoms with Crippen molar-refractivity contribution in [2.45, 2.75) is 20.3 Å². The fraction of sp³-hybridized carbons (Fsp3) is 0.235. The first-order valence-corrected chi connectivity index (χ1v) is 8.24. The van der Waals surface area contributed by atoms with Gasteiger partial charge in [0.05, 0.1) is 11.0 Å². The topological polar surface area (TPSA) is 17.8 Å². The van der Waals surface area contributed by atoms with Crippen LogP contribution in [0.2, 0.25) is 0 Å². The van der Waals surface area contributed by atoms with Crippen LogP contribution in [0.4, 0.5) is 0 Å². The molecule has 0 saturated heterocycles. The van der Waals surface area contributed by atoms with Gasteiger partial charge in [-0.2, -0.15) is 0 Å². The molecule has 0 saturated carbocycles. The molecule has 2 nitrogen and oxygen atoms in total. The summed E-state index contributed by atoms with van der Waals surface area (Å²) in [5.41, 5.74) is 5.72. The van der Waals surface area contributed by atoms with Crippen LogP contribution >= 0.6 is 27.5 Å². The molecule has 0 N–H and O–H groups in total. The molecule has 0 amide bonds. The van der Waals surface area contributed by atoms with E-state index in [1.54, 1.807) is 0 Å². The molecule has 3 rings (SSSR count). The van der Waals surface area contributed by atoms with Gasteiger partial charge in [0.1, 0.15) is 5.82 Å². The number of aryl methyl sites for hydroxylation is 3. The predicted octanol–water partition coefficient (Wildman–Crippen LogP) is 5.19. The lowest BCUT2D eigenvalue weighted by Gasteiger charge is -2.12. The van der Waals surface area contributed by atoms with Crippen molar-refractivity contribution in [3.8, 4) is 5.69 Å². The van der Waals surface area contributed by atoms with Crippen LogP contribution in [-0.4, -0.2) is 15.4 Å². The summed E-state index contributed by atoms with van der Waals surface area (Å²) in [4.78, 5) is 4.73. The molecule has 3 aromatic rings. The Kier molecular flexibility index (Phi) is 4.05. The first-order chi connectivity index (χ1) is 10.1. The Morgan fingerprint density at radius 1 is 1.14 bits per heavy atom. The van der Waals surface area contributed by atoms with Gasteiger partial charge >= 0.3 is 0 Å². The van der Waals surface area contributed by atoms with E-state index >= 15 is 0 Å². The molecule has 0 aliphatic carbocycles. The molecular weight excluding hydrogens is 348 g/mol. The summed E-state index contributed by atoms with van der Waals surface area (Å²) in [7, 11) is 0. The number of rotatable bonds is 3. The maximum absolute atomic E-state index is 5.95. The van der Waals surface area contributed by atoms with Crippen molar-refractivity contribution < 1.29 is 0 Å². The fourth-order valence-corrected chi connectivity index (χ4v) is 3.07. The van der Waals surface area contributed by atoms with Crippen LogP contribution in [0.5, 0.6) is 0 Å². The van der Waals surface area contributed by atoms with E-state index in [1.165, 1.54) is 11.1 Å². The van der Waals surface area contributed by atoms with Gasteiger partial charge in [0.15, 0.2) is 0 Å². The maximum Gasteiger partial charge on any atom is 0.115 e. The van der Waals surface area contributed by atoms with Crippen molar-refractivity contribution in [3.05, 3.63) is 57.8 Å². The van der Waals surface area contributed by atoms with E-state index in [0.717, 1.165) is 33.4 Å². The zero-order chi connectivity index (χ0) is 15.0. The van der Waals surface area contributed by atoms with Gasteiger partial charge in [0, 0.05) is 22.5 Å². The number of halogens is 2. The van der Waals surface area contributed by atoms with Crippen LogP contribution in [-0.2, 0) is 6.42 Å². The van der Waals surface area contributed by atoms with Gasteiger partial charge in [-0.15, -0.1) is 11.6 Å². The highest BCUT2D eigenvalue weighted by Gasteiger charge is 2.13. The molecule has 2 aromatic carbocycles. The van der Waals surface area contributed by atoms with Gasteiger partial charge in [0.2, 0.25) is 0 Å². The van der Waals surface area contributed by atoms with Gasteiger partial charge < -0.3 is 0 Å². The van der Waals surface area contributed by atoms with Crippen LogP contribution in [0.15, 0.2) is 40.9 Å². The van der Waals surface area contributed by atoms with Gasteiger partial charge in [-0.25, -0.2) is 4.98 Å². The fourth-order valence-electron chi connectivity index (χ4n) is 2.67. The Labute approximate surface area is 137 Å². The first kappa shape index (κ1) is 14.6. The molecule has 1 aromatic heterocycles. The van der Waals surface area contributed by atoms with E-state index in [2.05, 4.69) is 52.5 Å². The highest BCUT2D eigenvalue weighted by Crippen LogP contribution is 2.28. The molecule has 0 bridgehead atoms. The average Bonchev–Trinajstić information content (AvgIpc) is 2.82. The number of imidazole rings is 1. The molecule has 0 atom stereocenters. The Balaban J connectivity index is 2.30. The number of fused-ring (bicyclic) bond motifs is 1. The summed E-state index contributed by atoms with van der Waals surface area (Å²) in [6.07, 6.45) is 0.754. The molecule has 0 radical (unpaired) electrons. The van der Waals surface area contributed by atoms with Crippen molar-refractivity contribution in [2.75, 3.05) is 5.88 Å². The molecule has 0 aliphatic rings. The zero-order valence-corrected chi connectivity index (χ0v) is 14.4. The molecule has 108 valence electrons. The second-order valence-electron chi connectivity index (χ2n) is 5.18. The van der Waals surface area contributed by atoms with Crippen LogP contribution < -0.4 is 0 Å². The average molecular weight is 364 g/mol. The first-order valence-electron chi connectivity index (χ1n) is 6.91. The van der Waals surface area contributed by atoms with E-state index in [0.29, 0.717) is 5.88 Å². The minimum atomic E-state index is 0.567. The van der Waals surface area contributed by atoms with Crippen LogP contribution in [0.1, 0.15) is 17.0 Å². The lowest BCUT2D eigenvalue weighted by Crippen LogP contribution is -2.03. The van der Waals surface area contributed by atoms with Gasteiger partial charge in [-0.3, -0.25) is 4.57 Å². The Morgan fingerprint density at radius 3 is 2.48 bits per heavy atom. The van der Waals surface area contributed by atoms with Gasteiger partial charge in [-0.1, -0.05) is 28.1 Å². The molecule has 1 heterocycles. The Hall–Kier alpha value is -1.32. The number of para-hydroxylation sites is 2. The summed E-state index contributed by atoms with van der Waals surface area (Å²) in [5, 5.41) is 0. The van der Waals surface area contributed by atoms with Crippen LogP contribution in [0, 0.1) is 13.8 Å². The SMILES string of the molecule is Cc1cc(-n2c(CCCl)nc3ccccc32)cc(C)c1Br. The van der Waals surface area contributed by atoms with Crippen molar-refractivity contribution in [2.24, 2.45) is 0 Å². The minimum absolute atomic E-state index is 0.567. The number of nitrogens with zero attached hydrogens (tertiary/aromatic N) is 2. The standard InChI is InChI=1S/C17H16BrClN2/c1-11-9-13(10-12(2)17(11)18)21-15-6-4-3-5-14(15)20-16(21)7-8-19/h3-6,9-10H,7-8H2,1-2H3. The van der Waals surface area contributed by atoms with Crippen LogP contribution in [0.25, 0.3) is 16.7 Å². The molecule has 21 heavy (non-hydrogen) atoms. The predicted molar refractivity (Wildman–Crippen MR) is 92.7 cm³/mol. The quantitative estimate of drug-likeness (QED) is 0.586. The van der Waals surface area contributed by atoms with Crippen molar-refractivity contribution in [1.82, 2.24) is 9.55 Å². The largest absolute Gasteiger partial charge is 0.296 e. The Bertz CT molecular complexity index is 785. The lowest BCUT2D eigenvalue weighted by atomic mass is 10.1. The molecule has 0 fully saturated rings. The number of hydrogen-bond donors (Lipinski definition) is 0. The normalized spacial score (nSPS) is 11.2. The number of aromatic nitrogens is 2.